The smallest absolute Gasteiger partial charge is 0.0218 e. The van der Waals surface area contributed by atoms with Crippen LogP contribution >= 0.6 is 11.8 Å². The Morgan fingerprint density at radius 2 is 2.19 bits per heavy atom. The normalized spacial score (nSPS) is 37.9. The highest BCUT2D eigenvalue weighted by atomic mass is 32.2. The second-order valence-electron chi connectivity index (χ2n) is 5.68. The number of thioether (sulfide) groups is 1. The van der Waals surface area contributed by atoms with E-state index in [2.05, 4.69) is 42.7 Å². The lowest BCUT2D eigenvalue weighted by Crippen LogP contribution is -2.60. The van der Waals surface area contributed by atoms with E-state index in [0.717, 1.165) is 18.0 Å². The maximum absolute atomic E-state index is 3.69. The van der Waals surface area contributed by atoms with Crippen molar-refractivity contribution in [3.63, 3.8) is 0 Å². The second-order valence-corrected chi connectivity index (χ2v) is 6.83. The van der Waals surface area contributed by atoms with Gasteiger partial charge in [-0.3, -0.25) is 4.90 Å². The van der Waals surface area contributed by atoms with Gasteiger partial charge >= 0.3 is 0 Å². The first-order valence-corrected chi connectivity index (χ1v) is 7.91. The number of nitrogens with zero attached hydrogens (tertiary/aromatic N) is 1. The summed E-state index contributed by atoms with van der Waals surface area (Å²) in [5, 5.41) is 3.69. The molecule has 2 saturated heterocycles. The van der Waals surface area contributed by atoms with Gasteiger partial charge in [0.05, 0.1) is 0 Å². The van der Waals surface area contributed by atoms with Gasteiger partial charge in [0.15, 0.2) is 0 Å². The first-order valence-electron chi connectivity index (χ1n) is 6.75. The van der Waals surface area contributed by atoms with E-state index in [4.69, 9.17) is 0 Å². The van der Waals surface area contributed by atoms with Crippen molar-refractivity contribution >= 4 is 11.8 Å². The standard InChI is InChI=1S/C13H26N2S/c1-10(2)13-8-15(11(3)7-14-13)12-5-4-6-16-9-12/h10-14H,4-9H2,1-3H3. The van der Waals surface area contributed by atoms with Gasteiger partial charge in [0.2, 0.25) is 0 Å². The molecule has 0 aromatic heterocycles. The van der Waals surface area contributed by atoms with Gasteiger partial charge in [-0.2, -0.15) is 11.8 Å². The predicted molar refractivity (Wildman–Crippen MR) is 73.1 cm³/mol. The molecule has 0 aromatic carbocycles. The lowest BCUT2D eigenvalue weighted by atomic mass is 9.97. The number of rotatable bonds is 2. The Hall–Kier alpha value is 0.270. The summed E-state index contributed by atoms with van der Waals surface area (Å²) in [6.45, 7) is 9.47. The van der Waals surface area contributed by atoms with Gasteiger partial charge in [0, 0.05) is 37.0 Å². The number of piperazine rings is 1. The molecule has 0 radical (unpaired) electrons. The third-order valence-electron chi connectivity index (χ3n) is 4.06. The molecule has 0 amide bonds. The Kier molecular flexibility index (Phi) is 4.57. The van der Waals surface area contributed by atoms with Crippen LogP contribution in [-0.4, -0.2) is 47.6 Å². The zero-order valence-electron chi connectivity index (χ0n) is 10.9. The third kappa shape index (κ3) is 2.93. The molecule has 1 N–H and O–H groups in total. The predicted octanol–water partition coefficient (Wildman–Crippen LogP) is 2.20. The van der Waals surface area contributed by atoms with Gasteiger partial charge in [-0.05, 0) is 31.4 Å². The molecule has 0 aliphatic carbocycles. The summed E-state index contributed by atoms with van der Waals surface area (Å²) in [6.07, 6.45) is 2.83. The Labute approximate surface area is 105 Å². The van der Waals surface area contributed by atoms with Crippen LogP contribution in [0.15, 0.2) is 0 Å². The topological polar surface area (TPSA) is 15.3 Å². The Morgan fingerprint density at radius 1 is 1.38 bits per heavy atom. The summed E-state index contributed by atoms with van der Waals surface area (Å²) in [6, 6.07) is 2.26. The Bertz CT molecular complexity index is 214. The summed E-state index contributed by atoms with van der Waals surface area (Å²) in [5.41, 5.74) is 0. The van der Waals surface area contributed by atoms with Crippen LogP contribution in [0.4, 0.5) is 0 Å². The van der Waals surface area contributed by atoms with Gasteiger partial charge in [-0.15, -0.1) is 0 Å². The number of nitrogens with one attached hydrogen (secondary N) is 1. The van der Waals surface area contributed by atoms with Gasteiger partial charge in [0.25, 0.3) is 0 Å². The van der Waals surface area contributed by atoms with Gasteiger partial charge in [-0.25, -0.2) is 0 Å². The minimum Gasteiger partial charge on any atom is -0.311 e. The van der Waals surface area contributed by atoms with Crippen LogP contribution in [0, 0.1) is 5.92 Å². The van der Waals surface area contributed by atoms with E-state index in [9.17, 15) is 0 Å². The minimum atomic E-state index is 0.697. The summed E-state index contributed by atoms with van der Waals surface area (Å²) in [7, 11) is 0. The summed E-state index contributed by atoms with van der Waals surface area (Å²) in [5.74, 6) is 3.49. The van der Waals surface area contributed by atoms with Crippen molar-refractivity contribution in [1.82, 2.24) is 10.2 Å². The highest BCUT2D eigenvalue weighted by Gasteiger charge is 2.32. The SMILES string of the molecule is CC(C)C1CN(C2CCCSC2)C(C)CN1. The fraction of sp³-hybridized carbons (Fsp3) is 1.00. The molecule has 2 aliphatic heterocycles. The Balaban J connectivity index is 1.94. The average Bonchev–Trinajstić information content (AvgIpc) is 2.30. The van der Waals surface area contributed by atoms with Crippen molar-refractivity contribution in [3.8, 4) is 0 Å². The summed E-state index contributed by atoms with van der Waals surface area (Å²) in [4.78, 5) is 2.77. The van der Waals surface area contributed by atoms with Crippen LogP contribution in [0.5, 0.6) is 0 Å². The van der Waals surface area contributed by atoms with E-state index < -0.39 is 0 Å². The fourth-order valence-corrected chi connectivity index (χ4v) is 4.02. The number of hydrogen-bond acceptors (Lipinski definition) is 3. The maximum Gasteiger partial charge on any atom is 0.0218 e. The van der Waals surface area contributed by atoms with Crippen molar-refractivity contribution < 1.29 is 0 Å². The zero-order chi connectivity index (χ0) is 11.5. The number of hydrogen-bond donors (Lipinski definition) is 1. The molecule has 16 heavy (non-hydrogen) atoms. The lowest BCUT2D eigenvalue weighted by molar-refractivity contribution is 0.0821. The third-order valence-corrected chi connectivity index (χ3v) is 5.26. The molecule has 3 unspecified atom stereocenters. The zero-order valence-corrected chi connectivity index (χ0v) is 11.7. The molecule has 0 aromatic rings. The van der Waals surface area contributed by atoms with Crippen molar-refractivity contribution in [2.24, 2.45) is 5.92 Å². The Morgan fingerprint density at radius 3 is 2.81 bits per heavy atom. The monoisotopic (exact) mass is 242 g/mol. The highest BCUT2D eigenvalue weighted by Crippen LogP contribution is 2.25. The second kappa shape index (κ2) is 5.74. The average molecular weight is 242 g/mol. The van der Waals surface area contributed by atoms with Gasteiger partial charge < -0.3 is 5.32 Å². The van der Waals surface area contributed by atoms with E-state index in [0.29, 0.717) is 6.04 Å². The van der Waals surface area contributed by atoms with Crippen LogP contribution < -0.4 is 5.32 Å². The molecular formula is C13H26N2S. The van der Waals surface area contributed by atoms with Crippen LogP contribution in [0.2, 0.25) is 0 Å². The summed E-state index contributed by atoms with van der Waals surface area (Å²) >= 11 is 2.15. The molecule has 0 saturated carbocycles. The van der Waals surface area contributed by atoms with Gasteiger partial charge in [-0.1, -0.05) is 13.8 Å². The molecular weight excluding hydrogens is 216 g/mol. The molecule has 2 heterocycles. The van der Waals surface area contributed by atoms with E-state index in [1.807, 2.05) is 0 Å². The molecule has 2 aliphatic rings. The van der Waals surface area contributed by atoms with Crippen molar-refractivity contribution in [3.05, 3.63) is 0 Å². The summed E-state index contributed by atoms with van der Waals surface area (Å²) < 4.78 is 0. The van der Waals surface area contributed by atoms with Crippen LogP contribution in [0.3, 0.4) is 0 Å². The molecule has 3 heteroatoms. The largest absolute Gasteiger partial charge is 0.311 e. The van der Waals surface area contributed by atoms with Crippen LogP contribution in [0.1, 0.15) is 33.6 Å². The van der Waals surface area contributed by atoms with Crippen LogP contribution in [0.25, 0.3) is 0 Å². The maximum atomic E-state index is 3.69. The van der Waals surface area contributed by atoms with Crippen molar-refractivity contribution in [2.45, 2.75) is 51.7 Å². The molecule has 3 atom stereocenters. The van der Waals surface area contributed by atoms with Crippen molar-refractivity contribution in [1.29, 1.82) is 0 Å². The molecule has 2 fully saturated rings. The van der Waals surface area contributed by atoms with E-state index in [-0.39, 0.29) is 0 Å². The molecule has 2 nitrogen and oxygen atoms in total. The minimum absolute atomic E-state index is 0.697. The van der Waals surface area contributed by atoms with E-state index in [1.165, 1.54) is 37.4 Å². The first kappa shape index (κ1) is 12.7. The molecule has 2 rings (SSSR count). The fourth-order valence-electron chi connectivity index (χ4n) is 2.85. The molecule has 0 bridgehead atoms. The molecule has 0 spiro atoms. The first-order chi connectivity index (χ1) is 7.68. The highest BCUT2D eigenvalue weighted by molar-refractivity contribution is 7.99. The molecule has 94 valence electrons. The quantitative estimate of drug-likeness (QED) is 0.799. The van der Waals surface area contributed by atoms with Gasteiger partial charge in [0.1, 0.15) is 0 Å². The van der Waals surface area contributed by atoms with Crippen molar-refractivity contribution in [2.75, 3.05) is 24.6 Å². The van der Waals surface area contributed by atoms with E-state index >= 15 is 0 Å². The van der Waals surface area contributed by atoms with E-state index in [1.54, 1.807) is 0 Å². The lowest BCUT2D eigenvalue weighted by Gasteiger charge is -2.45. The van der Waals surface area contributed by atoms with Crippen LogP contribution in [-0.2, 0) is 0 Å².